The average Bonchev–Trinajstić information content (AvgIpc) is 3.09. The van der Waals surface area contributed by atoms with Gasteiger partial charge < -0.3 is 10.1 Å². The topological polar surface area (TPSA) is 51.2 Å². The number of thioether (sulfide) groups is 1. The van der Waals surface area contributed by atoms with Crippen LogP contribution < -0.4 is 10.1 Å². The highest BCUT2D eigenvalue weighted by molar-refractivity contribution is 7.99. The van der Waals surface area contributed by atoms with Crippen LogP contribution in [0.1, 0.15) is 48.9 Å². The smallest absolute Gasteiger partial charge is 0.252 e. The molecule has 5 heteroatoms. The van der Waals surface area contributed by atoms with Crippen molar-refractivity contribution < 1.29 is 9.53 Å². The Hall–Kier alpha value is -1.49. The van der Waals surface area contributed by atoms with Crippen molar-refractivity contribution >= 4 is 17.7 Å². The van der Waals surface area contributed by atoms with E-state index in [2.05, 4.69) is 16.4 Å². The zero-order valence-electron chi connectivity index (χ0n) is 13.4. The predicted octanol–water partition coefficient (Wildman–Crippen LogP) is 3.59. The van der Waals surface area contributed by atoms with Crippen molar-refractivity contribution in [2.45, 2.75) is 44.6 Å². The molecule has 0 bridgehead atoms. The highest BCUT2D eigenvalue weighted by Crippen LogP contribution is 2.22. The van der Waals surface area contributed by atoms with Crippen LogP contribution >= 0.6 is 11.8 Å². The van der Waals surface area contributed by atoms with E-state index in [0.717, 1.165) is 24.3 Å². The molecule has 23 heavy (non-hydrogen) atoms. The van der Waals surface area contributed by atoms with E-state index in [-0.39, 0.29) is 12.0 Å². The summed E-state index contributed by atoms with van der Waals surface area (Å²) < 4.78 is 5.80. The fourth-order valence-corrected chi connectivity index (χ4v) is 4.03. The average molecular weight is 332 g/mol. The Morgan fingerprint density at radius 1 is 1.39 bits per heavy atom. The van der Waals surface area contributed by atoms with Crippen LogP contribution in [0.5, 0.6) is 5.88 Å². The zero-order valence-corrected chi connectivity index (χ0v) is 14.2. The highest BCUT2D eigenvalue weighted by Gasteiger charge is 2.17. The number of nitrogens with one attached hydrogen (secondary N) is 1. The molecule has 1 unspecified atom stereocenters. The Morgan fingerprint density at radius 3 is 3.04 bits per heavy atom. The van der Waals surface area contributed by atoms with Gasteiger partial charge in [0.1, 0.15) is 6.10 Å². The Labute approximate surface area is 142 Å². The van der Waals surface area contributed by atoms with Crippen LogP contribution in [-0.2, 0) is 0 Å². The first-order valence-electron chi connectivity index (χ1n) is 8.48. The maximum atomic E-state index is 12.1. The molecule has 3 rings (SSSR count). The lowest BCUT2D eigenvalue weighted by atomic mass is 9.97. The number of ether oxygens (including phenoxy) is 1. The van der Waals surface area contributed by atoms with Crippen LogP contribution in [0, 0.1) is 0 Å². The summed E-state index contributed by atoms with van der Waals surface area (Å²) in [5.74, 6) is 2.74. The summed E-state index contributed by atoms with van der Waals surface area (Å²) in [7, 11) is 0. The second kappa shape index (κ2) is 8.39. The molecule has 1 saturated heterocycles. The standard InChI is InChI=1S/C18H24N2O2S/c21-18(19-10-8-14-4-2-1-3-5-14)15-6-7-17(20-12-15)22-16-9-11-23-13-16/h4,6-7,12,16H,1-3,5,8-11,13H2,(H,19,21). The van der Waals surface area contributed by atoms with E-state index in [1.807, 2.05) is 11.8 Å². The van der Waals surface area contributed by atoms with E-state index in [9.17, 15) is 4.79 Å². The molecule has 1 N–H and O–H groups in total. The summed E-state index contributed by atoms with van der Waals surface area (Å²) in [6.45, 7) is 0.697. The lowest BCUT2D eigenvalue weighted by Crippen LogP contribution is -2.25. The minimum atomic E-state index is -0.0584. The normalized spacial score (nSPS) is 20.9. The van der Waals surface area contributed by atoms with Crippen LogP contribution in [0.2, 0.25) is 0 Å². The maximum absolute atomic E-state index is 12.1. The Morgan fingerprint density at radius 2 is 2.35 bits per heavy atom. The Balaban J connectivity index is 1.44. The van der Waals surface area contributed by atoms with Crippen LogP contribution in [-0.4, -0.2) is 35.0 Å². The van der Waals surface area contributed by atoms with Gasteiger partial charge in [-0.3, -0.25) is 4.79 Å². The van der Waals surface area contributed by atoms with Gasteiger partial charge in [-0.25, -0.2) is 4.98 Å². The molecule has 1 aliphatic heterocycles. The molecule has 0 spiro atoms. The van der Waals surface area contributed by atoms with Crippen molar-refractivity contribution in [1.29, 1.82) is 0 Å². The summed E-state index contributed by atoms with van der Waals surface area (Å²) >= 11 is 1.91. The van der Waals surface area contributed by atoms with Gasteiger partial charge in [0.2, 0.25) is 5.88 Å². The molecule has 4 nitrogen and oxygen atoms in total. The van der Waals surface area contributed by atoms with E-state index in [1.165, 1.54) is 31.3 Å². The molecular weight excluding hydrogens is 308 g/mol. The number of pyridine rings is 1. The number of hydrogen-bond acceptors (Lipinski definition) is 4. The fourth-order valence-electron chi connectivity index (χ4n) is 2.93. The Kier molecular flexibility index (Phi) is 5.97. The minimum Gasteiger partial charge on any atom is -0.473 e. The van der Waals surface area contributed by atoms with Crippen molar-refractivity contribution in [3.8, 4) is 5.88 Å². The number of nitrogens with zero attached hydrogens (tertiary/aromatic N) is 1. The van der Waals surface area contributed by atoms with Gasteiger partial charge in [0.05, 0.1) is 5.56 Å². The molecule has 0 radical (unpaired) electrons. The number of rotatable bonds is 6. The van der Waals surface area contributed by atoms with Gasteiger partial charge in [-0.1, -0.05) is 11.6 Å². The number of aromatic nitrogens is 1. The number of allylic oxidation sites excluding steroid dienone is 1. The zero-order chi connectivity index (χ0) is 15.9. The molecule has 1 amide bonds. The first-order valence-corrected chi connectivity index (χ1v) is 9.63. The van der Waals surface area contributed by atoms with Gasteiger partial charge in [0.25, 0.3) is 5.91 Å². The SMILES string of the molecule is O=C(NCCC1=CCCCC1)c1ccc(OC2CCSC2)nc1. The van der Waals surface area contributed by atoms with E-state index in [4.69, 9.17) is 4.74 Å². The van der Waals surface area contributed by atoms with E-state index < -0.39 is 0 Å². The first-order chi connectivity index (χ1) is 11.3. The van der Waals surface area contributed by atoms with E-state index >= 15 is 0 Å². The molecule has 0 saturated carbocycles. The van der Waals surface area contributed by atoms with Crippen molar-refractivity contribution in [2.75, 3.05) is 18.1 Å². The van der Waals surface area contributed by atoms with Gasteiger partial charge >= 0.3 is 0 Å². The third-order valence-electron chi connectivity index (χ3n) is 4.29. The van der Waals surface area contributed by atoms with Crippen molar-refractivity contribution in [3.05, 3.63) is 35.5 Å². The van der Waals surface area contributed by atoms with Crippen LogP contribution in [0.15, 0.2) is 30.0 Å². The largest absolute Gasteiger partial charge is 0.473 e. The maximum Gasteiger partial charge on any atom is 0.252 e. The number of hydrogen-bond donors (Lipinski definition) is 1. The molecule has 124 valence electrons. The number of carbonyl (C=O) groups is 1. The van der Waals surface area contributed by atoms with Crippen LogP contribution in [0.25, 0.3) is 0 Å². The van der Waals surface area contributed by atoms with Gasteiger partial charge in [0, 0.05) is 24.6 Å². The second-order valence-electron chi connectivity index (χ2n) is 6.10. The molecule has 0 aromatic carbocycles. The Bertz CT molecular complexity index is 551. The summed E-state index contributed by atoms with van der Waals surface area (Å²) in [4.78, 5) is 16.4. The second-order valence-corrected chi connectivity index (χ2v) is 7.25. The number of amides is 1. The van der Waals surface area contributed by atoms with Gasteiger partial charge in [0.15, 0.2) is 0 Å². The lowest BCUT2D eigenvalue weighted by Gasteiger charge is -2.13. The first kappa shape index (κ1) is 16.4. The molecule has 1 aromatic heterocycles. The molecular formula is C18H24N2O2S. The van der Waals surface area contributed by atoms with Gasteiger partial charge in [-0.15, -0.1) is 0 Å². The minimum absolute atomic E-state index is 0.0584. The molecule has 1 aliphatic carbocycles. The monoisotopic (exact) mass is 332 g/mol. The number of carbonyl (C=O) groups excluding carboxylic acids is 1. The quantitative estimate of drug-likeness (QED) is 0.809. The molecule has 1 aromatic rings. The molecule has 1 fully saturated rings. The molecule has 1 atom stereocenters. The summed E-state index contributed by atoms with van der Waals surface area (Å²) in [5.41, 5.74) is 2.07. The van der Waals surface area contributed by atoms with Gasteiger partial charge in [-0.05, 0) is 50.3 Å². The fraction of sp³-hybridized carbons (Fsp3) is 0.556. The van der Waals surface area contributed by atoms with Crippen LogP contribution in [0.3, 0.4) is 0 Å². The summed E-state index contributed by atoms with van der Waals surface area (Å²) in [5, 5.41) is 2.97. The summed E-state index contributed by atoms with van der Waals surface area (Å²) in [6, 6.07) is 3.58. The predicted molar refractivity (Wildman–Crippen MR) is 94.1 cm³/mol. The third-order valence-corrected chi connectivity index (χ3v) is 5.42. The third kappa shape index (κ3) is 4.99. The van der Waals surface area contributed by atoms with E-state index in [1.54, 1.807) is 18.3 Å². The van der Waals surface area contributed by atoms with Crippen molar-refractivity contribution in [2.24, 2.45) is 0 Å². The van der Waals surface area contributed by atoms with Crippen LogP contribution in [0.4, 0.5) is 0 Å². The lowest BCUT2D eigenvalue weighted by molar-refractivity contribution is 0.0953. The van der Waals surface area contributed by atoms with Crippen molar-refractivity contribution in [1.82, 2.24) is 10.3 Å². The molecule has 2 aliphatic rings. The van der Waals surface area contributed by atoms with Gasteiger partial charge in [-0.2, -0.15) is 11.8 Å². The molecule has 2 heterocycles. The van der Waals surface area contributed by atoms with Crippen molar-refractivity contribution in [3.63, 3.8) is 0 Å². The summed E-state index contributed by atoms with van der Waals surface area (Å²) in [6.07, 6.45) is 11.2. The highest BCUT2D eigenvalue weighted by atomic mass is 32.2. The van der Waals surface area contributed by atoms with E-state index in [0.29, 0.717) is 18.0 Å².